The van der Waals surface area contributed by atoms with Crippen LogP contribution >= 0.6 is 0 Å². The SMILES string of the molecule is COc1ccc(-c2cnc3[nH]cc(-c4cc[nH]n4)c3c2)cc1OC. The Morgan fingerprint density at radius 3 is 2.58 bits per heavy atom. The van der Waals surface area contributed by atoms with Crippen LogP contribution in [0.1, 0.15) is 0 Å². The second-order valence-electron chi connectivity index (χ2n) is 5.35. The summed E-state index contributed by atoms with van der Waals surface area (Å²) in [6, 6.07) is 9.87. The van der Waals surface area contributed by atoms with Gasteiger partial charge in [0, 0.05) is 35.1 Å². The molecule has 4 aromatic rings. The van der Waals surface area contributed by atoms with Gasteiger partial charge >= 0.3 is 0 Å². The molecule has 0 spiro atoms. The summed E-state index contributed by atoms with van der Waals surface area (Å²) in [5.74, 6) is 1.39. The van der Waals surface area contributed by atoms with E-state index >= 15 is 0 Å². The molecular weight excluding hydrogens is 304 g/mol. The first-order chi connectivity index (χ1) is 11.8. The van der Waals surface area contributed by atoms with E-state index in [0.29, 0.717) is 11.5 Å². The summed E-state index contributed by atoms with van der Waals surface area (Å²) >= 11 is 0. The van der Waals surface area contributed by atoms with Gasteiger partial charge in [-0.25, -0.2) is 4.98 Å². The van der Waals surface area contributed by atoms with Crippen molar-refractivity contribution in [1.29, 1.82) is 0 Å². The fraction of sp³-hybridized carbons (Fsp3) is 0.111. The van der Waals surface area contributed by atoms with Crippen LogP contribution in [0, 0.1) is 0 Å². The van der Waals surface area contributed by atoms with Gasteiger partial charge in [-0.15, -0.1) is 0 Å². The third-order valence-corrected chi connectivity index (χ3v) is 4.02. The van der Waals surface area contributed by atoms with Crippen molar-refractivity contribution in [2.24, 2.45) is 0 Å². The van der Waals surface area contributed by atoms with Crippen LogP contribution in [-0.4, -0.2) is 34.4 Å². The third-order valence-electron chi connectivity index (χ3n) is 4.02. The molecule has 3 aromatic heterocycles. The second-order valence-corrected chi connectivity index (χ2v) is 5.35. The maximum atomic E-state index is 5.39. The zero-order valence-electron chi connectivity index (χ0n) is 13.3. The van der Waals surface area contributed by atoms with Crippen molar-refractivity contribution in [2.75, 3.05) is 14.2 Å². The van der Waals surface area contributed by atoms with Gasteiger partial charge in [-0.2, -0.15) is 5.10 Å². The smallest absolute Gasteiger partial charge is 0.161 e. The molecule has 6 nitrogen and oxygen atoms in total. The number of ether oxygens (including phenoxy) is 2. The van der Waals surface area contributed by atoms with E-state index in [1.54, 1.807) is 20.4 Å². The van der Waals surface area contributed by atoms with Crippen LogP contribution in [0.25, 0.3) is 33.4 Å². The number of hydrogen-bond donors (Lipinski definition) is 2. The molecule has 0 aliphatic carbocycles. The molecule has 0 fully saturated rings. The number of fused-ring (bicyclic) bond motifs is 1. The molecule has 0 amide bonds. The topological polar surface area (TPSA) is 75.8 Å². The molecule has 0 saturated heterocycles. The molecule has 4 rings (SSSR count). The normalized spacial score (nSPS) is 10.9. The van der Waals surface area contributed by atoms with Crippen molar-refractivity contribution in [3.8, 4) is 33.9 Å². The van der Waals surface area contributed by atoms with E-state index < -0.39 is 0 Å². The van der Waals surface area contributed by atoms with Gasteiger partial charge in [0.05, 0.1) is 19.9 Å². The fourth-order valence-corrected chi connectivity index (χ4v) is 2.80. The average Bonchev–Trinajstić information content (AvgIpc) is 3.29. The standard InChI is InChI=1S/C18H16N4O2/c1-23-16-4-3-11(8-17(16)24-2)12-7-13-14(15-5-6-21-22-15)10-20-18(13)19-9-12/h3-10H,1-2H3,(H,19,20)(H,21,22). The van der Waals surface area contributed by atoms with Crippen LogP contribution in [0.4, 0.5) is 0 Å². The number of nitrogens with zero attached hydrogens (tertiary/aromatic N) is 2. The van der Waals surface area contributed by atoms with E-state index in [4.69, 9.17) is 9.47 Å². The van der Waals surface area contributed by atoms with Gasteiger partial charge in [0.25, 0.3) is 0 Å². The molecule has 0 atom stereocenters. The number of methoxy groups -OCH3 is 2. The molecule has 2 N–H and O–H groups in total. The Bertz CT molecular complexity index is 990. The molecule has 0 aliphatic rings. The molecule has 1 aromatic carbocycles. The number of aromatic amines is 2. The lowest BCUT2D eigenvalue weighted by atomic mass is 10.0. The Kier molecular flexibility index (Phi) is 3.42. The number of aromatic nitrogens is 4. The van der Waals surface area contributed by atoms with Crippen LogP contribution in [0.15, 0.2) is 48.9 Å². The zero-order chi connectivity index (χ0) is 16.5. The first-order valence-corrected chi connectivity index (χ1v) is 7.50. The zero-order valence-corrected chi connectivity index (χ0v) is 13.3. The van der Waals surface area contributed by atoms with Crippen molar-refractivity contribution in [1.82, 2.24) is 20.2 Å². The summed E-state index contributed by atoms with van der Waals surface area (Å²) in [6.07, 6.45) is 5.57. The number of rotatable bonds is 4. The van der Waals surface area contributed by atoms with Gasteiger partial charge in [-0.1, -0.05) is 6.07 Å². The van der Waals surface area contributed by atoms with Crippen molar-refractivity contribution in [3.05, 3.63) is 48.9 Å². The molecular formula is C18H16N4O2. The Morgan fingerprint density at radius 1 is 0.958 bits per heavy atom. The summed E-state index contributed by atoms with van der Waals surface area (Å²) in [7, 11) is 3.26. The number of H-pyrrole nitrogens is 2. The van der Waals surface area contributed by atoms with E-state index in [1.807, 2.05) is 36.7 Å². The molecule has 0 bridgehead atoms. The minimum absolute atomic E-state index is 0.691. The van der Waals surface area contributed by atoms with E-state index in [9.17, 15) is 0 Å². The third kappa shape index (κ3) is 2.28. The van der Waals surface area contributed by atoms with Crippen LogP contribution in [0.2, 0.25) is 0 Å². The Labute approximate surface area is 138 Å². The van der Waals surface area contributed by atoms with Crippen molar-refractivity contribution < 1.29 is 9.47 Å². The Balaban J connectivity index is 1.84. The summed E-state index contributed by atoms with van der Waals surface area (Å²) in [5.41, 5.74) is 4.74. The summed E-state index contributed by atoms with van der Waals surface area (Å²) < 4.78 is 10.7. The number of benzene rings is 1. The highest BCUT2D eigenvalue weighted by Gasteiger charge is 2.12. The predicted octanol–water partition coefficient (Wildman–Crippen LogP) is 3.64. The first kappa shape index (κ1) is 14.3. The maximum absolute atomic E-state index is 5.39. The largest absolute Gasteiger partial charge is 0.493 e. The van der Waals surface area contributed by atoms with E-state index in [2.05, 4.69) is 26.2 Å². The van der Waals surface area contributed by atoms with Gasteiger partial charge in [0.2, 0.25) is 0 Å². The molecule has 0 unspecified atom stereocenters. The predicted molar refractivity (Wildman–Crippen MR) is 92.2 cm³/mol. The molecule has 0 saturated carbocycles. The molecule has 0 radical (unpaired) electrons. The lowest BCUT2D eigenvalue weighted by Gasteiger charge is -2.09. The number of nitrogens with one attached hydrogen (secondary N) is 2. The van der Waals surface area contributed by atoms with Gasteiger partial charge in [-0.05, 0) is 29.8 Å². The first-order valence-electron chi connectivity index (χ1n) is 7.50. The summed E-state index contributed by atoms with van der Waals surface area (Å²) in [4.78, 5) is 7.71. The van der Waals surface area contributed by atoms with Crippen molar-refractivity contribution >= 4 is 11.0 Å². The number of pyridine rings is 1. The van der Waals surface area contributed by atoms with Gasteiger partial charge in [0.1, 0.15) is 5.65 Å². The van der Waals surface area contributed by atoms with Crippen LogP contribution in [-0.2, 0) is 0 Å². The molecule has 6 heteroatoms. The molecule has 24 heavy (non-hydrogen) atoms. The van der Waals surface area contributed by atoms with E-state index in [0.717, 1.165) is 33.4 Å². The maximum Gasteiger partial charge on any atom is 0.161 e. The van der Waals surface area contributed by atoms with Gasteiger partial charge in [-0.3, -0.25) is 5.10 Å². The summed E-state index contributed by atoms with van der Waals surface area (Å²) in [5, 5.41) is 8.12. The van der Waals surface area contributed by atoms with Crippen LogP contribution in [0.3, 0.4) is 0 Å². The second kappa shape index (κ2) is 5.73. The Morgan fingerprint density at radius 2 is 1.83 bits per heavy atom. The molecule has 0 aliphatic heterocycles. The monoisotopic (exact) mass is 320 g/mol. The average molecular weight is 320 g/mol. The van der Waals surface area contributed by atoms with E-state index in [1.165, 1.54) is 0 Å². The molecule has 3 heterocycles. The lowest BCUT2D eigenvalue weighted by molar-refractivity contribution is 0.355. The van der Waals surface area contributed by atoms with Crippen molar-refractivity contribution in [3.63, 3.8) is 0 Å². The van der Waals surface area contributed by atoms with Crippen LogP contribution in [0.5, 0.6) is 11.5 Å². The Hall–Kier alpha value is -3.28. The van der Waals surface area contributed by atoms with Crippen LogP contribution < -0.4 is 9.47 Å². The highest BCUT2D eigenvalue weighted by Crippen LogP contribution is 2.34. The summed E-state index contributed by atoms with van der Waals surface area (Å²) in [6.45, 7) is 0. The van der Waals surface area contributed by atoms with Gasteiger partial charge < -0.3 is 14.5 Å². The quantitative estimate of drug-likeness (QED) is 0.602. The van der Waals surface area contributed by atoms with Gasteiger partial charge in [0.15, 0.2) is 11.5 Å². The molecule has 120 valence electrons. The highest BCUT2D eigenvalue weighted by atomic mass is 16.5. The minimum Gasteiger partial charge on any atom is -0.493 e. The lowest BCUT2D eigenvalue weighted by Crippen LogP contribution is -1.91. The van der Waals surface area contributed by atoms with E-state index in [-0.39, 0.29) is 0 Å². The minimum atomic E-state index is 0.691. The van der Waals surface area contributed by atoms with Crippen molar-refractivity contribution in [2.45, 2.75) is 0 Å². The number of hydrogen-bond acceptors (Lipinski definition) is 4. The highest BCUT2D eigenvalue weighted by molar-refractivity contribution is 5.94. The fourth-order valence-electron chi connectivity index (χ4n) is 2.80.